The third kappa shape index (κ3) is 6.28. The van der Waals surface area contributed by atoms with Crippen LogP contribution < -0.4 is 15.5 Å². The summed E-state index contributed by atoms with van der Waals surface area (Å²) in [5, 5.41) is 6.03. The summed E-state index contributed by atoms with van der Waals surface area (Å²) in [6, 6.07) is 18.7. The molecule has 0 saturated carbocycles. The van der Waals surface area contributed by atoms with Crippen molar-refractivity contribution in [1.82, 2.24) is 5.32 Å². The van der Waals surface area contributed by atoms with E-state index in [1.807, 2.05) is 30.3 Å². The van der Waals surface area contributed by atoms with E-state index in [-0.39, 0.29) is 24.0 Å². The van der Waals surface area contributed by atoms with Crippen molar-refractivity contribution in [3.63, 3.8) is 0 Å². The molecule has 29 heavy (non-hydrogen) atoms. The van der Waals surface area contributed by atoms with Gasteiger partial charge in [0.15, 0.2) is 6.54 Å². The Morgan fingerprint density at radius 3 is 2.38 bits per heavy atom. The third-order valence-corrected chi connectivity index (χ3v) is 5.93. The minimum atomic E-state index is 0.0391. The number of ether oxygens (including phenoxy) is 1. The Labute approximate surface area is 178 Å². The number of nitrogens with two attached hydrogens (primary N) is 1. The lowest BCUT2D eigenvalue weighted by Crippen LogP contribution is -3.15. The normalized spacial score (nSPS) is 18.0. The number of benzene rings is 2. The molecule has 1 saturated heterocycles. The van der Waals surface area contributed by atoms with Crippen molar-refractivity contribution < 1.29 is 19.7 Å². The molecule has 4 N–H and O–H groups in total. The van der Waals surface area contributed by atoms with Crippen molar-refractivity contribution in [3.05, 3.63) is 70.7 Å². The molecule has 1 fully saturated rings. The fourth-order valence-electron chi connectivity index (χ4n) is 4.07. The van der Waals surface area contributed by atoms with Gasteiger partial charge in [0.2, 0.25) is 0 Å². The summed E-state index contributed by atoms with van der Waals surface area (Å²) in [5.74, 6) is 0.0619. The zero-order valence-corrected chi connectivity index (χ0v) is 18.0. The van der Waals surface area contributed by atoms with Crippen LogP contribution in [0.2, 0.25) is 5.02 Å². The quantitative estimate of drug-likeness (QED) is 0.603. The smallest absolute Gasteiger partial charge is 0.275 e. The average Bonchev–Trinajstić information content (AvgIpc) is 2.74. The summed E-state index contributed by atoms with van der Waals surface area (Å²) in [6.45, 7) is 8.07. The first-order valence-electron chi connectivity index (χ1n) is 10.4. The Kier molecular flexibility index (Phi) is 8.07. The van der Waals surface area contributed by atoms with Crippen LogP contribution in [0.15, 0.2) is 54.6 Å². The van der Waals surface area contributed by atoms with E-state index in [1.165, 1.54) is 10.5 Å². The summed E-state index contributed by atoms with van der Waals surface area (Å²) >= 11 is 5.96. The van der Waals surface area contributed by atoms with E-state index in [9.17, 15) is 4.79 Å². The lowest BCUT2D eigenvalue weighted by atomic mass is 9.98. The fourth-order valence-corrected chi connectivity index (χ4v) is 4.19. The maximum absolute atomic E-state index is 12.7. The molecule has 0 unspecified atom stereocenters. The van der Waals surface area contributed by atoms with Gasteiger partial charge < -0.3 is 20.3 Å². The van der Waals surface area contributed by atoms with Crippen molar-refractivity contribution in [2.24, 2.45) is 0 Å². The van der Waals surface area contributed by atoms with E-state index in [4.69, 9.17) is 16.3 Å². The molecular weight excluding hydrogens is 386 g/mol. The van der Waals surface area contributed by atoms with Crippen molar-refractivity contribution in [1.29, 1.82) is 0 Å². The molecule has 1 aliphatic heterocycles. The fraction of sp³-hybridized carbons (Fsp3) is 0.435. The van der Waals surface area contributed by atoms with E-state index in [0.717, 1.165) is 36.9 Å². The predicted octanol–water partition coefficient (Wildman–Crippen LogP) is 1.13. The van der Waals surface area contributed by atoms with Gasteiger partial charge in [-0.25, -0.2) is 0 Å². The summed E-state index contributed by atoms with van der Waals surface area (Å²) in [4.78, 5) is 14.1. The Morgan fingerprint density at radius 2 is 1.72 bits per heavy atom. The highest BCUT2D eigenvalue weighted by Crippen LogP contribution is 2.15. The third-order valence-electron chi connectivity index (χ3n) is 5.67. The molecule has 5 nitrogen and oxygen atoms in total. The number of hydrogen-bond donors (Lipinski definition) is 3. The second-order valence-corrected chi connectivity index (χ2v) is 8.23. The van der Waals surface area contributed by atoms with Gasteiger partial charge in [-0.3, -0.25) is 4.79 Å². The number of rotatable bonds is 8. The van der Waals surface area contributed by atoms with E-state index in [0.29, 0.717) is 6.54 Å². The number of halogens is 1. The van der Waals surface area contributed by atoms with Gasteiger partial charge in [-0.05, 0) is 26.0 Å². The van der Waals surface area contributed by atoms with E-state index >= 15 is 0 Å². The average molecular weight is 418 g/mol. The summed E-state index contributed by atoms with van der Waals surface area (Å²) < 4.78 is 5.54. The molecular formula is C23H32ClN3O2+2. The van der Waals surface area contributed by atoms with Gasteiger partial charge in [0.25, 0.3) is 5.91 Å². The molecule has 0 radical (unpaired) electrons. The monoisotopic (exact) mass is 417 g/mol. The lowest BCUT2D eigenvalue weighted by Gasteiger charge is -2.35. The number of amides is 1. The van der Waals surface area contributed by atoms with Crippen LogP contribution in [-0.2, 0) is 9.53 Å². The molecule has 3 atom stereocenters. The molecule has 0 bridgehead atoms. The van der Waals surface area contributed by atoms with Gasteiger partial charge >= 0.3 is 0 Å². The van der Waals surface area contributed by atoms with Gasteiger partial charge in [0.05, 0.1) is 19.3 Å². The maximum Gasteiger partial charge on any atom is 0.275 e. The number of morpholine rings is 1. The summed E-state index contributed by atoms with van der Waals surface area (Å²) in [7, 11) is 0. The second-order valence-electron chi connectivity index (χ2n) is 7.80. The number of quaternary nitrogens is 2. The summed E-state index contributed by atoms with van der Waals surface area (Å²) in [6.07, 6.45) is 0. The number of carbonyl (C=O) groups excluding carboxylic acids is 1. The van der Waals surface area contributed by atoms with E-state index in [2.05, 4.69) is 48.7 Å². The van der Waals surface area contributed by atoms with Gasteiger partial charge in [-0.15, -0.1) is 0 Å². The lowest BCUT2D eigenvalue weighted by molar-refractivity contribution is -0.940. The molecule has 2 aromatic carbocycles. The van der Waals surface area contributed by atoms with Crippen molar-refractivity contribution in [2.45, 2.75) is 32.0 Å². The molecule has 1 amide bonds. The number of carbonyl (C=O) groups is 1. The highest BCUT2D eigenvalue weighted by molar-refractivity contribution is 6.30. The zero-order valence-electron chi connectivity index (χ0n) is 17.2. The SMILES string of the molecule is C[C@H]([NH2+]CC(=O)N[C@@H](C)[C@@H](c1ccccc1)[NH+]1CCOCC1)c1ccc(Cl)cc1. The molecule has 1 aliphatic rings. The Balaban J connectivity index is 1.58. The van der Waals surface area contributed by atoms with E-state index in [1.54, 1.807) is 0 Å². The standard InChI is InChI=1S/C23H30ClN3O2/c1-17(19-8-10-21(24)11-9-19)25-16-22(28)26-18(2)23(20-6-4-3-5-7-20)27-12-14-29-15-13-27/h3-11,17-18,23,25H,12-16H2,1-2H3,(H,26,28)/p+2/t17-,18-,23-/m0/s1. The van der Waals surface area contributed by atoms with Crippen LogP contribution in [-0.4, -0.2) is 44.8 Å². The van der Waals surface area contributed by atoms with Crippen molar-refractivity contribution >= 4 is 17.5 Å². The van der Waals surface area contributed by atoms with Crippen LogP contribution in [0, 0.1) is 0 Å². The van der Waals surface area contributed by atoms with Crippen LogP contribution >= 0.6 is 11.6 Å². The number of hydrogen-bond acceptors (Lipinski definition) is 2. The van der Waals surface area contributed by atoms with Crippen LogP contribution in [0.1, 0.15) is 37.1 Å². The molecule has 3 rings (SSSR count). The van der Waals surface area contributed by atoms with Crippen LogP contribution in [0.5, 0.6) is 0 Å². The second kappa shape index (κ2) is 10.7. The van der Waals surface area contributed by atoms with Gasteiger partial charge in [0, 0.05) is 16.1 Å². The topological polar surface area (TPSA) is 59.4 Å². The summed E-state index contributed by atoms with van der Waals surface area (Å²) in [5.41, 5.74) is 2.42. The largest absolute Gasteiger partial charge is 0.370 e. The van der Waals surface area contributed by atoms with Gasteiger partial charge in [0.1, 0.15) is 25.2 Å². The Morgan fingerprint density at radius 1 is 1.07 bits per heavy atom. The number of nitrogens with one attached hydrogen (secondary N) is 2. The van der Waals surface area contributed by atoms with Crippen LogP contribution in [0.4, 0.5) is 0 Å². The maximum atomic E-state index is 12.7. The molecule has 0 spiro atoms. The van der Waals surface area contributed by atoms with Crippen molar-refractivity contribution in [3.8, 4) is 0 Å². The zero-order chi connectivity index (χ0) is 20.6. The highest BCUT2D eigenvalue weighted by atomic mass is 35.5. The highest BCUT2D eigenvalue weighted by Gasteiger charge is 2.32. The molecule has 1 heterocycles. The molecule has 0 aliphatic carbocycles. The first-order chi connectivity index (χ1) is 14.0. The molecule has 6 heteroatoms. The molecule has 156 valence electrons. The van der Waals surface area contributed by atoms with Gasteiger partial charge in [-0.1, -0.05) is 54.1 Å². The minimum Gasteiger partial charge on any atom is -0.370 e. The van der Waals surface area contributed by atoms with Crippen LogP contribution in [0.25, 0.3) is 0 Å². The minimum absolute atomic E-state index is 0.0391. The predicted molar refractivity (Wildman–Crippen MR) is 115 cm³/mol. The Hall–Kier alpha value is -1.92. The molecule has 0 aromatic heterocycles. The van der Waals surface area contributed by atoms with E-state index < -0.39 is 0 Å². The van der Waals surface area contributed by atoms with Gasteiger partial charge in [-0.2, -0.15) is 0 Å². The Bertz CT molecular complexity index is 763. The first-order valence-corrected chi connectivity index (χ1v) is 10.8. The van der Waals surface area contributed by atoms with Crippen LogP contribution in [0.3, 0.4) is 0 Å². The molecule has 2 aromatic rings. The van der Waals surface area contributed by atoms with Crippen molar-refractivity contribution in [2.75, 3.05) is 32.8 Å². The first kappa shape index (κ1) is 21.8.